The summed E-state index contributed by atoms with van der Waals surface area (Å²) in [5, 5.41) is 0.365. The van der Waals surface area contributed by atoms with E-state index in [0.717, 1.165) is 0 Å². The topological polar surface area (TPSA) is 70.8 Å². The van der Waals surface area contributed by atoms with Crippen LogP contribution >= 0.6 is 7.60 Å². The average Bonchev–Trinajstić information content (AvgIpc) is 2.29. The van der Waals surface area contributed by atoms with Gasteiger partial charge in [0.25, 0.3) is 0 Å². The van der Waals surface area contributed by atoms with Crippen LogP contribution in [0, 0.1) is 0 Å². The summed E-state index contributed by atoms with van der Waals surface area (Å²) in [4.78, 5) is 0. The van der Waals surface area contributed by atoms with E-state index in [1.807, 2.05) is 0 Å². The molecule has 0 heterocycles. The van der Waals surface area contributed by atoms with Crippen molar-refractivity contribution in [2.24, 2.45) is 0 Å². The molecule has 0 atom stereocenters. The molecule has 6 heteroatoms. The summed E-state index contributed by atoms with van der Waals surface area (Å²) in [6.07, 6.45) is 0. The Bertz CT molecular complexity index is 412. The molecule has 1 aromatic rings. The predicted octanol–water partition coefficient (Wildman–Crippen LogP) is 2.17. The first-order chi connectivity index (χ1) is 8.07. The van der Waals surface area contributed by atoms with Crippen LogP contribution in [0.4, 0.5) is 5.69 Å². The van der Waals surface area contributed by atoms with E-state index in [-0.39, 0.29) is 13.2 Å². The van der Waals surface area contributed by atoms with Gasteiger partial charge in [-0.2, -0.15) is 0 Å². The van der Waals surface area contributed by atoms with Crippen molar-refractivity contribution >= 4 is 18.6 Å². The Hall–Kier alpha value is -1.03. The van der Waals surface area contributed by atoms with Gasteiger partial charge in [-0.05, 0) is 32.0 Å². The van der Waals surface area contributed by atoms with Crippen molar-refractivity contribution in [1.29, 1.82) is 0 Å². The molecule has 0 aliphatic rings. The molecule has 0 spiro atoms. The molecule has 0 saturated heterocycles. The zero-order chi connectivity index (χ0) is 12.9. The summed E-state index contributed by atoms with van der Waals surface area (Å²) >= 11 is 0. The van der Waals surface area contributed by atoms with Gasteiger partial charge < -0.3 is 19.5 Å². The van der Waals surface area contributed by atoms with E-state index in [2.05, 4.69) is 0 Å². The standard InChI is InChI=1S/C11H18NO4P/c1-4-15-17(13,16-5-2)11-8-9(12)6-7-10(11)14-3/h6-8H,4-5,12H2,1-3H3. The lowest BCUT2D eigenvalue weighted by molar-refractivity contribution is 0.229. The first-order valence-electron chi connectivity index (χ1n) is 5.40. The second kappa shape index (κ2) is 6.05. The van der Waals surface area contributed by atoms with Crippen LogP contribution in [0.25, 0.3) is 0 Å². The molecule has 0 aromatic heterocycles. The van der Waals surface area contributed by atoms with Crippen molar-refractivity contribution in [2.45, 2.75) is 13.8 Å². The molecule has 0 amide bonds. The van der Waals surface area contributed by atoms with Crippen LogP contribution in [0.3, 0.4) is 0 Å². The number of anilines is 1. The number of ether oxygens (including phenoxy) is 1. The van der Waals surface area contributed by atoms with Crippen molar-refractivity contribution in [3.05, 3.63) is 18.2 Å². The van der Waals surface area contributed by atoms with E-state index in [0.29, 0.717) is 16.7 Å². The van der Waals surface area contributed by atoms with Gasteiger partial charge in [-0.1, -0.05) is 0 Å². The van der Waals surface area contributed by atoms with Crippen LogP contribution in [-0.2, 0) is 13.6 Å². The molecule has 0 bridgehead atoms. The van der Waals surface area contributed by atoms with Crippen LogP contribution in [0.5, 0.6) is 5.75 Å². The normalized spacial score (nSPS) is 11.5. The van der Waals surface area contributed by atoms with E-state index in [1.54, 1.807) is 32.0 Å². The summed E-state index contributed by atoms with van der Waals surface area (Å²) in [7, 11) is -1.86. The number of hydrogen-bond acceptors (Lipinski definition) is 5. The number of methoxy groups -OCH3 is 1. The van der Waals surface area contributed by atoms with Gasteiger partial charge in [0.2, 0.25) is 0 Å². The average molecular weight is 259 g/mol. The maximum Gasteiger partial charge on any atom is 0.365 e. The summed E-state index contributed by atoms with van der Waals surface area (Å²) in [5.41, 5.74) is 6.17. The van der Waals surface area contributed by atoms with Gasteiger partial charge in [-0.25, -0.2) is 0 Å². The van der Waals surface area contributed by atoms with Crippen molar-refractivity contribution in [2.75, 3.05) is 26.1 Å². The highest BCUT2D eigenvalue weighted by Crippen LogP contribution is 2.49. The van der Waals surface area contributed by atoms with Crippen molar-refractivity contribution < 1.29 is 18.3 Å². The highest BCUT2D eigenvalue weighted by molar-refractivity contribution is 7.62. The zero-order valence-corrected chi connectivity index (χ0v) is 11.2. The Balaban J connectivity index is 3.25. The summed E-state index contributed by atoms with van der Waals surface area (Å²) in [5.74, 6) is 0.449. The summed E-state index contributed by atoms with van der Waals surface area (Å²) < 4.78 is 28.2. The maximum absolute atomic E-state index is 12.6. The molecular formula is C11H18NO4P. The van der Waals surface area contributed by atoms with Gasteiger partial charge in [0.05, 0.1) is 20.3 Å². The lowest BCUT2D eigenvalue weighted by Crippen LogP contribution is -2.14. The largest absolute Gasteiger partial charge is 0.496 e. The van der Waals surface area contributed by atoms with Crippen LogP contribution in [0.1, 0.15) is 13.8 Å². The third-order valence-electron chi connectivity index (χ3n) is 2.10. The number of nitrogens with two attached hydrogens (primary N) is 1. The van der Waals surface area contributed by atoms with Gasteiger partial charge >= 0.3 is 7.60 Å². The van der Waals surface area contributed by atoms with Crippen LogP contribution in [-0.4, -0.2) is 20.3 Å². The van der Waals surface area contributed by atoms with E-state index in [1.165, 1.54) is 7.11 Å². The fourth-order valence-electron chi connectivity index (χ4n) is 1.44. The molecule has 5 nitrogen and oxygen atoms in total. The Morgan fingerprint density at radius 2 is 1.82 bits per heavy atom. The molecule has 0 saturated carbocycles. The lowest BCUT2D eigenvalue weighted by Gasteiger charge is -2.19. The highest BCUT2D eigenvalue weighted by atomic mass is 31.2. The minimum Gasteiger partial charge on any atom is -0.496 e. The van der Waals surface area contributed by atoms with Crippen molar-refractivity contribution in [1.82, 2.24) is 0 Å². The molecule has 0 fully saturated rings. The molecule has 0 aliphatic carbocycles. The van der Waals surface area contributed by atoms with Crippen LogP contribution < -0.4 is 15.8 Å². The molecule has 0 aliphatic heterocycles. The van der Waals surface area contributed by atoms with Crippen molar-refractivity contribution in [3.63, 3.8) is 0 Å². The van der Waals surface area contributed by atoms with Gasteiger partial charge in [0.1, 0.15) is 11.1 Å². The third kappa shape index (κ3) is 3.22. The minimum absolute atomic E-state index is 0.287. The molecule has 17 heavy (non-hydrogen) atoms. The highest BCUT2D eigenvalue weighted by Gasteiger charge is 2.30. The first kappa shape index (κ1) is 14.0. The second-order valence-electron chi connectivity index (χ2n) is 3.26. The summed E-state index contributed by atoms with van der Waals surface area (Å²) in [6.45, 7) is 4.08. The first-order valence-corrected chi connectivity index (χ1v) is 6.94. The third-order valence-corrected chi connectivity index (χ3v) is 4.23. The fraction of sp³-hybridized carbons (Fsp3) is 0.455. The lowest BCUT2D eigenvalue weighted by atomic mass is 10.3. The summed E-state index contributed by atoms with van der Waals surface area (Å²) in [6, 6.07) is 4.88. The Kier molecular flexibility index (Phi) is 5.00. The Labute approximate surface area is 101 Å². The number of rotatable bonds is 6. The SMILES string of the molecule is CCOP(=O)(OCC)c1cc(N)ccc1OC. The Morgan fingerprint density at radius 1 is 1.24 bits per heavy atom. The molecule has 0 radical (unpaired) electrons. The van der Waals surface area contributed by atoms with E-state index in [4.69, 9.17) is 19.5 Å². The minimum atomic E-state index is -3.36. The van der Waals surface area contributed by atoms with E-state index >= 15 is 0 Å². The number of benzene rings is 1. The van der Waals surface area contributed by atoms with Gasteiger partial charge in [-0.15, -0.1) is 0 Å². The van der Waals surface area contributed by atoms with Crippen LogP contribution in [0.2, 0.25) is 0 Å². The molecule has 0 unspecified atom stereocenters. The number of hydrogen-bond donors (Lipinski definition) is 1. The fourth-order valence-corrected chi connectivity index (χ4v) is 3.21. The molecular weight excluding hydrogens is 241 g/mol. The molecule has 1 aromatic carbocycles. The number of nitrogen functional groups attached to an aromatic ring is 1. The van der Waals surface area contributed by atoms with Crippen molar-refractivity contribution in [3.8, 4) is 5.75 Å². The molecule has 2 N–H and O–H groups in total. The van der Waals surface area contributed by atoms with Gasteiger partial charge in [-0.3, -0.25) is 4.57 Å². The molecule has 1 rings (SSSR count). The van der Waals surface area contributed by atoms with Gasteiger partial charge in [0.15, 0.2) is 0 Å². The maximum atomic E-state index is 12.6. The Morgan fingerprint density at radius 3 is 2.29 bits per heavy atom. The van der Waals surface area contributed by atoms with Gasteiger partial charge in [0, 0.05) is 5.69 Å². The predicted molar refractivity (Wildman–Crippen MR) is 67.9 cm³/mol. The monoisotopic (exact) mass is 259 g/mol. The molecule has 96 valence electrons. The van der Waals surface area contributed by atoms with E-state index < -0.39 is 7.60 Å². The quantitative estimate of drug-likeness (QED) is 0.626. The smallest absolute Gasteiger partial charge is 0.365 e. The van der Waals surface area contributed by atoms with Crippen LogP contribution in [0.15, 0.2) is 18.2 Å². The zero-order valence-electron chi connectivity index (χ0n) is 10.3. The van der Waals surface area contributed by atoms with E-state index in [9.17, 15) is 4.57 Å². The second-order valence-corrected chi connectivity index (χ2v) is 5.26.